The van der Waals surface area contributed by atoms with E-state index in [0.717, 1.165) is 19.5 Å². The molecule has 0 aromatic carbocycles. The van der Waals surface area contributed by atoms with Crippen molar-refractivity contribution < 1.29 is 9.59 Å². The summed E-state index contributed by atoms with van der Waals surface area (Å²) in [6, 6.07) is 6.22. The lowest BCUT2D eigenvalue weighted by Crippen LogP contribution is -2.37. The standard InChI is InChI=1S/C17H25N4O2/c1-17(2,3)12-15(22)21-9-5-8-20(10-11-21)14-7-4-6-13(19-14)16(18)23/h4,7H,5,8-12H2,1-3H3,(H2,18,23). The largest absolute Gasteiger partial charge is 0.364 e. The maximum absolute atomic E-state index is 12.4. The van der Waals surface area contributed by atoms with Crippen LogP contribution in [0.2, 0.25) is 0 Å². The van der Waals surface area contributed by atoms with Gasteiger partial charge in [-0.05, 0) is 24.0 Å². The molecule has 6 nitrogen and oxygen atoms in total. The quantitative estimate of drug-likeness (QED) is 0.915. The van der Waals surface area contributed by atoms with Gasteiger partial charge in [0.1, 0.15) is 11.5 Å². The highest BCUT2D eigenvalue weighted by molar-refractivity contribution is 5.90. The number of aromatic nitrogens is 1. The normalized spacial score (nSPS) is 16.1. The molecule has 23 heavy (non-hydrogen) atoms. The number of rotatable bonds is 3. The van der Waals surface area contributed by atoms with Crippen LogP contribution in [0.25, 0.3) is 0 Å². The van der Waals surface area contributed by atoms with Crippen LogP contribution in [0.5, 0.6) is 0 Å². The van der Waals surface area contributed by atoms with E-state index in [4.69, 9.17) is 5.73 Å². The fourth-order valence-corrected chi connectivity index (χ4v) is 2.64. The fourth-order valence-electron chi connectivity index (χ4n) is 2.64. The van der Waals surface area contributed by atoms with E-state index in [2.05, 4.69) is 36.7 Å². The van der Waals surface area contributed by atoms with Gasteiger partial charge < -0.3 is 15.5 Å². The Hall–Kier alpha value is -2.11. The first-order valence-corrected chi connectivity index (χ1v) is 7.97. The Kier molecular flexibility index (Phi) is 5.23. The average molecular weight is 317 g/mol. The molecule has 0 saturated carbocycles. The summed E-state index contributed by atoms with van der Waals surface area (Å²) >= 11 is 0. The van der Waals surface area contributed by atoms with Gasteiger partial charge in [0, 0.05) is 38.7 Å². The molecule has 6 heteroatoms. The second kappa shape index (κ2) is 6.98. The number of amides is 2. The monoisotopic (exact) mass is 317 g/mol. The van der Waals surface area contributed by atoms with Gasteiger partial charge in [-0.3, -0.25) is 9.59 Å². The zero-order chi connectivity index (χ0) is 17.0. The van der Waals surface area contributed by atoms with E-state index in [1.54, 1.807) is 6.07 Å². The van der Waals surface area contributed by atoms with Gasteiger partial charge in [-0.1, -0.05) is 20.8 Å². The Morgan fingerprint density at radius 2 is 2.00 bits per heavy atom. The Bertz CT molecular complexity index is 580. The molecule has 0 bridgehead atoms. The molecule has 1 aromatic rings. The lowest BCUT2D eigenvalue weighted by molar-refractivity contribution is -0.132. The van der Waals surface area contributed by atoms with Crippen LogP contribution in [0.15, 0.2) is 12.1 Å². The second-order valence-corrected chi connectivity index (χ2v) is 7.12. The Morgan fingerprint density at radius 1 is 1.26 bits per heavy atom. The molecule has 1 fully saturated rings. The molecular weight excluding hydrogens is 292 g/mol. The fraction of sp³-hybridized carbons (Fsp3) is 0.588. The van der Waals surface area contributed by atoms with Crippen LogP contribution in [-0.2, 0) is 4.79 Å². The first-order chi connectivity index (χ1) is 10.8. The number of primary amides is 1. The predicted molar refractivity (Wildman–Crippen MR) is 89.1 cm³/mol. The summed E-state index contributed by atoms with van der Waals surface area (Å²) in [4.78, 5) is 31.9. The van der Waals surface area contributed by atoms with E-state index in [9.17, 15) is 9.59 Å². The zero-order valence-corrected chi connectivity index (χ0v) is 14.1. The SMILES string of the molecule is CC(C)(C)CC(=O)N1CCCN(c2cc[c]c(C(N)=O)n2)CC1. The van der Waals surface area contributed by atoms with Crippen molar-refractivity contribution in [3.05, 3.63) is 23.9 Å². The second-order valence-electron chi connectivity index (χ2n) is 7.12. The molecule has 1 radical (unpaired) electrons. The van der Waals surface area contributed by atoms with Crippen molar-refractivity contribution in [2.45, 2.75) is 33.6 Å². The highest BCUT2D eigenvalue weighted by atomic mass is 16.2. The van der Waals surface area contributed by atoms with Gasteiger partial charge >= 0.3 is 0 Å². The summed E-state index contributed by atoms with van der Waals surface area (Å²) < 4.78 is 0. The van der Waals surface area contributed by atoms with Gasteiger partial charge in [0.15, 0.2) is 0 Å². The molecule has 125 valence electrons. The highest BCUT2D eigenvalue weighted by Gasteiger charge is 2.24. The molecule has 2 heterocycles. The van der Waals surface area contributed by atoms with Crippen LogP contribution in [0.3, 0.4) is 0 Å². The molecule has 0 unspecified atom stereocenters. The predicted octanol–water partition coefficient (Wildman–Crippen LogP) is 1.46. The number of nitrogens with zero attached hydrogens (tertiary/aromatic N) is 3. The first-order valence-electron chi connectivity index (χ1n) is 7.97. The molecule has 1 aliphatic heterocycles. The summed E-state index contributed by atoms with van der Waals surface area (Å²) in [7, 11) is 0. The number of pyridine rings is 1. The molecule has 2 amide bonds. The van der Waals surface area contributed by atoms with Gasteiger partial charge in [-0.2, -0.15) is 0 Å². The van der Waals surface area contributed by atoms with E-state index in [1.165, 1.54) is 0 Å². The number of hydrogen-bond donors (Lipinski definition) is 1. The molecular formula is C17H25N4O2. The molecule has 1 aliphatic rings. The Labute approximate surface area is 137 Å². The van der Waals surface area contributed by atoms with Crippen LogP contribution >= 0.6 is 0 Å². The summed E-state index contributed by atoms with van der Waals surface area (Å²) in [5, 5.41) is 0. The minimum Gasteiger partial charge on any atom is -0.364 e. The van der Waals surface area contributed by atoms with Crippen molar-refractivity contribution in [1.29, 1.82) is 0 Å². The number of carbonyl (C=O) groups excluding carboxylic acids is 2. The van der Waals surface area contributed by atoms with Gasteiger partial charge in [0.25, 0.3) is 5.91 Å². The van der Waals surface area contributed by atoms with Crippen LogP contribution in [0.1, 0.15) is 44.1 Å². The number of carbonyl (C=O) groups is 2. The van der Waals surface area contributed by atoms with Crippen LogP contribution in [0.4, 0.5) is 5.82 Å². The summed E-state index contributed by atoms with van der Waals surface area (Å²) in [5.41, 5.74) is 5.40. The molecule has 2 rings (SSSR count). The van der Waals surface area contributed by atoms with E-state index in [-0.39, 0.29) is 17.0 Å². The average Bonchev–Trinajstić information content (AvgIpc) is 2.71. The van der Waals surface area contributed by atoms with Crippen molar-refractivity contribution >= 4 is 17.6 Å². The zero-order valence-electron chi connectivity index (χ0n) is 14.1. The highest BCUT2D eigenvalue weighted by Crippen LogP contribution is 2.21. The third-order valence-electron chi connectivity index (χ3n) is 3.77. The van der Waals surface area contributed by atoms with Gasteiger partial charge in [0.2, 0.25) is 5.91 Å². The van der Waals surface area contributed by atoms with Crippen LogP contribution < -0.4 is 10.6 Å². The number of nitrogens with two attached hydrogens (primary N) is 1. The minimum atomic E-state index is -0.580. The molecule has 0 atom stereocenters. The molecule has 2 N–H and O–H groups in total. The topological polar surface area (TPSA) is 79.5 Å². The van der Waals surface area contributed by atoms with E-state index in [1.807, 2.05) is 11.0 Å². The summed E-state index contributed by atoms with van der Waals surface area (Å²) in [5.74, 6) is 0.331. The third kappa shape index (κ3) is 4.94. The third-order valence-corrected chi connectivity index (χ3v) is 3.77. The maximum atomic E-state index is 12.4. The number of anilines is 1. The van der Waals surface area contributed by atoms with Gasteiger partial charge in [0.05, 0.1) is 0 Å². The Balaban J connectivity index is 2.02. The van der Waals surface area contributed by atoms with Gasteiger partial charge in [-0.25, -0.2) is 4.98 Å². The van der Waals surface area contributed by atoms with Crippen molar-refractivity contribution in [3.63, 3.8) is 0 Å². The minimum absolute atomic E-state index is 0.00369. The summed E-state index contributed by atoms with van der Waals surface area (Å²) in [6.07, 6.45) is 1.43. The molecule has 1 aromatic heterocycles. The lowest BCUT2D eigenvalue weighted by atomic mass is 9.91. The van der Waals surface area contributed by atoms with E-state index < -0.39 is 5.91 Å². The lowest BCUT2D eigenvalue weighted by Gasteiger charge is -2.26. The van der Waals surface area contributed by atoms with Crippen LogP contribution in [0, 0.1) is 11.5 Å². The molecule has 1 saturated heterocycles. The molecule has 0 spiro atoms. The van der Waals surface area contributed by atoms with Crippen molar-refractivity contribution in [3.8, 4) is 0 Å². The molecule has 0 aliphatic carbocycles. The smallest absolute Gasteiger partial charge is 0.268 e. The first kappa shape index (κ1) is 17.2. The van der Waals surface area contributed by atoms with Crippen molar-refractivity contribution in [2.75, 3.05) is 31.1 Å². The maximum Gasteiger partial charge on any atom is 0.268 e. The van der Waals surface area contributed by atoms with Gasteiger partial charge in [-0.15, -0.1) is 0 Å². The number of hydrogen-bond acceptors (Lipinski definition) is 4. The van der Waals surface area contributed by atoms with E-state index >= 15 is 0 Å². The van der Waals surface area contributed by atoms with E-state index in [0.29, 0.717) is 25.3 Å². The van der Waals surface area contributed by atoms with Crippen LogP contribution in [-0.4, -0.2) is 47.9 Å². The summed E-state index contributed by atoms with van der Waals surface area (Å²) in [6.45, 7) is 9.15. The van der Waals surface area contributed by atoms with Crippen molar-refractivity contribution in [2.24, 2.45) is 11.1 Å². The Morgan fingerprint density at radius 3 is 2.65 bits per heavy atom. The van der Waals surface area contributed by atoms with Crippen molar-refractivity contribution in [1.82, 2.24) is 9.88 Å².